The Bertz CT molecular complexity index is 660. The Morgan fingerprint density at radius 2 is 1.95 bits per heavy atom. The first kappa shape index (κ1) is 14.2. The number of hydrogen-bond donors (Lipinski definition) is 0. The molecule has 0 aliphatic carbocycles. The topological polar surface area (TPSA) is 52.0 Å². The molecule has 0 atom stereocenters. The molecular formula is C16H18N2O2. The maximum atomic E-state index is 12.2. The molecule has 1 aromatic heterocycles. The Labute approximate surface area is 118 Å². The fourth-order valence-corrected chi connectivity index (χ4v) is 2.00. The average molecular weight is 270 g/mol. The van der Waals surface area contributed by atoms with Crippen molar-refractivity contribution in [1.29, 1.82) is 0 Å². The van der Waals surface area contributed by atoms with E-state index in [-0.39, 0.29) is 16.9 Å². The van der Waals surface area contributed by atoms with E-state index in [1.54, 1.807) is 6.07 Å². The van der Waals surface area contributed by atoms with Gasteiger partial charge in [0.25, 0.3) is 5.56 Å². The van der Waals surface area contributed by atoms with Gasteiger partial charge in [-0.1, -0.05) is 43.7 Å². The van der Waals surface area contributed by atoms with Gasteiger partial charge >= 0.3 is 0 Å². The molecule has 20 heavy (non-hydrogen) atoms. The molecule has 1 aromatic carbocycles. The average Bonchev–Trinajstić information content (AvgIpc) is 2.46. The number of unbranched alkanes of at least 4 members (excludes halogenated alkanes) is 1. The van der Waals surface area contributed by atoms with Crippen molar-refractivity contribution in [2.75, 3.05) is 0 Å². The number of nitrogens with zero attached hydrogens (tertiary/aromatic N) is 2. The summed E-state index contributed by atoms with van der Waals surface area (Å²) in [5, 5.41) is 4.38. The third kappa shape index (κ3) is 3.02. The van der Waals surface area contributed by atoms with E-state index in [9.17, 15) is 9.59 Å². The molecule has 0 saturated carbocycles. The summed E-state index contributed by atoms with van der Waals surface area (Å²) in [5.74, 6) is -0.222. The summed E-state index contributed by atoms with van der Waals surface area (Å²) >= 11 is 0. The first-order chi connectivity index (χ1) is 9.63. The maximum Gasteiger partial charge on any atom is 0.277 e. The van der Waals surface area contributed by atoms with Crippen LogP contribution in [-0.2, 0) is 6.54 Å². The van der Waals surface area contributed by atoms with E-state index >= 15 is 0 Å². The summed E-state index contributed by atoms with van der Waals surface area (Å²) in [7, 11) is 0. The van der Waals surface area contributed by atoms with E-state index in [2.05, 4.69) is 12.0 Å². The van der Waals surface area contributed by atoms with Gasteiger partial charge < -0.3 is 0 Å². The predicted octanol–water partition coefficient (Wildman–Crippen LogP) is 2.91. The number of benzene rings is 1. The summed E-state index contributed by atoms with van der Waals surface area (Å²) in [6, 6.07) is 11.2. The highest BCUT2D eigenvalue weighted by Crippen LogP contribution is 2.16. The fourth-order valence-electron chi connectivity index (χ4n) is 2.00. The number of carbonyl (C=O) groups excluding carboxylic acids is 1. The Hall–Kier alpha value is -2.23. The summed E-state index contributed by atoms with van der Waals surface area (Å²) in [6.07, 6.45) is 1.83. The van der Waals surface area contributed by atoms with Crippen molar-refractivity contribution in [3.05, 3.63) is 52.3 Å². The van der Waals surface area contributed by atoms with Crippen LogP contribution in [0.15, 0.2) is 41.2 Å². The highest BCUT2D eigenvalue weighted by molar-refractivity contribution is 5.94. The van der Waals surface area contributed by atoms with Gasteiger partial charge in [0.05, 0.1) is 11.3 Å². The minimum atomic E-state index is -0.300. The highest BCUT2D eigenvalue weighted by atomic mass is 16.1. The first-order valence-corrected chi connectivity index (χ1v) is 6.82. The second-order valence-electron chi connectivity index (χ2n) is 4.75. The smallest absolute Gasteiger partial charge is 0.277 e. The second kappa shape index (κ2) is 6.28. The molecule has 0 radical (unpaired) electrons. The quantitative estimate of drug-likeness (QED) is 0.785. The third-order valence-corrected chi connectivity index (χ3v) is 3.15. The molecule has 4 nitrogen and oxygen atoms in total. The molecule has 4 heteroatoms. The van der Waals surface area contributed by atoms with Crippen LogP contribution in [0.1, 0.15) is 37.0 Å². The first-order valence-electron chi connectivity index (χ1n) is 6.82. The molecule has 0 amide bonds. The molecule has 0 saturated heterocycles. The Morgan fingerprint density at radius 3 is 2.55 bits per heavy atom. The molecule has 0 aliphatic heterocycles. The molecule has 1 heterocycles. The molecule has 104 valence electrons. The summed E-state index contributed by atoms with van der Waals surface area (Å²) in [5.41, 5.74) is 1.47. The van der Waals surface area contributed by atoms with E-state index in [4.69, 9.17) is 0 Å². The van der Waals surface area contributed by atoms with E-state index < -0.39 is 0 Å². The number of Topliss-reactive ketones (excluding diaryl/α,β-unsaturated/α-hetero) is 1. The highest BCUT2D eigenvalue weighted by Gasteiger charge is 2.12. The molecule has 0 unspecified atom stereocenters. The van der Waals surface area contributed by atoms with Crippen LogP contribution in [-0.4, -0.2) is 15.6 Å². The maximum absolute atomic E-state index is 12.2. The van der Waals surface area contributed by atoms with Gasteiger partial charge in [-0.3, -0.25) is 9.59 Å². The van der Waals surface area contributed by atoms with Crippen molar-refractivity contribution in [2.24, 2.45) is 0 Å². The van der Waals surface area contributed by atoms with Crippen molar-refractivity contribution in [3.63, 3.8) is 0 Å². The van der Waals surface area contributed by atoms with Crippen molar-refractivity contribution in [2.45, 2.75) is 33.2 Å². The van der Waals surface area contributed by atoms with Gasteiger partial charge in [0.15, 0.2) is 5.78 Å². The van der Waals surface area contributed by atoms with Gasteiger partial charge in [0.2, 0.25) is 0 Å². The predicted molar refractivity (Wildman–Crippen MR) is 78.8 cm³/mol. The lowest BCUT2D eigenvalue weighted by atomic mass is 10.1. The number of ketones is 1. The van der Waals surface area contributed by atoms with Gasteiger partial charge in [-0.25, -0.2) is 4.68 Å². The number of aromatic nitrogens is 2. The lowest BCUT2D eigenvalue weighted by Crippen LogP contribution is -2.28. The van der Waals surface area contributed by atoms with E-state index in [1.807, 2.05) is 30.3 Å². The monoisotopic (exact) mass is 270 g/mol. The van der Waals surface area contributed by atoms with Gasteiger partial charge in [0, 0.05) is 12.1 Å². The Kier molecular flexibility index (Phi) is 4.45. The number of carbonyl (C=O) groups is 1. The Balaban J connectivity index is 2.56. The number of hydrogen-bond acceptors (Lipinski definition) is 3. The SMILES string of the molecule is CCCCn1nc(-c2ccccc2)cc(C(C)=O)c1=O. The van der Waals surface area contributed by atoms with Crippen LogP contribution in [0.2, 0.25) is 0 Å². The van der Waals surface area contributed by atoms with E-state index in [1.165, 1.54) is 11.6 Å². The fraction of sp³-hybridized carbons (Fsp3) is 0.312. The molecule has 0 fully saturated rings. The second-order valence-corrected chi connectivity index (χ2v) is 4.75. The molecule has 2 rings (SSSR count). The van der Waals surface area contributed by atoms with Crippen molar-refractivity contribution in [1.82, 2.24) is 9.78 Å². The molecular weight excluding hydrogens is 252 g/mol. The van der Waals surface area contributed by atoms with Crippen LogP contribution < -0.4 is 5.56 Å². The lowest BCUT2D eigenvalue weighted by molar-refractivity contribution is 0.101. The molecule has 0 bridgehead atoms. The van der Waals surface area contributed by atoms with Gasteiger partial charge in [-0.05, 0) is 19.4 Å². The molecule has 2 aromatic rings. The van der Waals surface area contributed by atoms with Crippen LogP contribution in [0, 0.1) is 0 Å². The van der Waals surface area contributed by atoms with Crippen LogP contribution in [0.4, 0.5) is 0 Å². The van der Waals surface area contributed by atoms with Crippen molar-refractivity contribution < 1.29 is 4.79 Å². The Morgan fingerprint density at radius 1 is 1.25 bits per heavy atom. The van der Waals surface area contributed by atoms with Crippen LogP contribution >= 0.6 is 0 Å². The largest absolute Gasteiger partial charge is 0.294 e. The summed E-state index contributed by atoms with van der Waals surface area (Å²) in [6.45, 7) is 4.00. The van der Waals surface area contributed by atoms with Crippen LogP contribution in [0.5, 0.6) is 0 Å². The van der Waals surface area contributed by atoms with E-state index in [0.29, 0.717) is 12.2 Å². The summed E-state index contributed by atoms with van der Waals surface area (Å²) < 4.78 is 1.41. The number of rotatable bonds is 5. The summed E-state index contributed by atoms with van der Waals surface area (Å²) in [4.78, 5) is 23.8. The van der Waals surface area contributed by atoms with Crippen LogP contribution in [0.3, 0.4) is 0 Å². The van der Waals surface area contributed by atoms with Gasteiger partial charge in [-0.2, -0.15) is 5.10 Å². The zero-order valence-corrected chi connectivity index (χ0v) is 11.8. The molecule has 0 aliphatic rings. The zero-order valence-electron chi connectivity index (χ0n) is 11.8. The lowest BCUT2D eigenvalue weighted by Gasteiger charge is -2.09. The minimum absolute atomic E-state index is 0.204. The zero-order chi connectivity index (χ0) is 14.5. The van der Waals surface area contributed by atoms with E-state index in [0.717, 1.165) is 18.4 Å². The van der Waals surface area contributed by atoms with Crippen LogP contribution in [0.25, 0.3) is 11.3 Å². The van der Waals surface area contributed by atoms with Gasteiger partial charge in [0.1, 0.15) is 0 Å². The van der Waals surface area contributed by atoms with Crippen molar-refractivity contribution >= 4 is 5.78 Å². The standard InChI is InChI=1S/C16H18N2O2/c1-3-4-10-18-16(20)14(12(2)19)11-15(17-18)13-8-6-5-7-9-13/h5-9,11H,3-4,10H2,1-2H3. The van der Waals surface area contributed by atoms with Crippen molar-refractivity contribution in [3.8, 4) is 11.3 Å². The molecule has 0 spiro atoms. The normalized spacial score (nSPS) is 10.5. The third-order valence-electron chi connectivity index (χ3n) is 3.15. The van der Waals surface area contributed by atoms with Gasteiger partial charge in [-0.15, -0.1) is 0 Å². The molecule has 0 N–H and O–H groups in total. The number of aryl methyl sites for hydroxylation is 1. The minimum Gasteiger partial charge on any atom is -0.294 e.